The summed E-state index contributed by atoms with van der Waals surface area (Å²) in [7, 11) is 1.80. The number of hydrogen-bond acceptors (Lipinski definition) is 5. The van der Waals surface area contributed by atoms with Gasteiger partial charge in [-0.05, 0) is 13.8 Å². The lowest BCUT2D eigenvalue weighted by molar-refractivity contribution is 0.877. The summed E-state index contributed by atoms with van der Waals surface area (Å²) < 4.78 is 0. The van der Waals surface area contributed by atoms with Crippen LogP contribution in [0.5, 0.6) is 0 Å². The van der Waals surface area contributed by atoms with Crippen molar-refractivity contribution in [3.63, 3.8) is 0 Å². The highest BCUT2D eigenvalue weighted by Gasteiger charge is 2.05. The summed E-state index contributed by atoms with van der Waals surface area (Å²) in [5.41, 5.74) is 1.49. The average Bonchev–Trinajstić information content (AvgIpc) is 2.85. The Labute approximate surface area is 115 Å². The zero-order valence-corrected chi connectivity index (χ0v) is 13.0. The minimum atomic E-state index is 0.310. The molecule has 0 bridgehead atoms. The second-order valence-corrected chi connectivity index (χ2v) is 3.57. The predicted octanol–water partition coefficient (Wildman–Crippen LogP) is 3.27. The molecule has 19 heavy (non-hydrogen) atoms. The summed E-state index contributed by atoms with van der Waals surface area (Å²) in [6, 6.07) is 0.310. The number of aromatic amines is 1. The van der Waals surface area contributed by atoms with Crippen molar-refractivity contribution in [1.82, 2.24) is 19.9 Å². The molecule has 0 aliphatic carbocycles. The molecule has 0 aromatic carbocycles. The van der Waals surface area contributed by atoms with E-state index in [0.717, 1.165) is 5.52 Å². The van der Waals surface area contributed by atoms with Gasteiger partial charge in [0, 0.05) is 13.1 Å². The Morgan fingerprint density at radius 3 is 2.26 bits per heavy atom. The molecule has 0 fully saturated rings. The van der Waals surface area contributed by atoms with E-state index in [9.17, 15) is 0 Å². The minimum absolute atomic E-state index is 0.310. The van der Waals surface area contributed by atoms with Crippen molar-refractivity contribution in [2.24, 2.45) is 0 Å². The quantitative estimate of drug-likeness (QED) is 0.794. The van der Waals surface area contributed by atoms with Crippen LogP contribution in [0, 0.1) is 0 Å². The number of fused-ring (bicyclic) bond motifs is 1. The lowest BCUT2D eigenvalue weighted by Crippen LogP contribution is -2.12. The molecule has 0 saturated carbocycles. The van der Waals surface area contributed by atoms with Crippen molar-refractivity contribution in [3.8, 4) is 0 Å². The number of rotatable bonds is 3. The molecular formula is C13H26N6. The Morgan fingerprint density at radius 1 is 1.11 bits per heavy atom. The first-order valence-corrected chi connectivity index (χ1v) is 6.86. The van der Waals surface area contributed by atoms with Crippen molar-refractivity contribution in [2.75, 3.05) is 17.7 Å². The molecule has 6 nitrogen and oxygen atoms in total. The molecule has 2 aromatic rings. The molecule has 0 atom stereocenters. The van der Waals surface area contributed by atoms with Crippen LogP contribution in [0.2, 0.25) is 0 Å². The van der Waals surface area contributed by atoms with Crippen molar-refractivity contribution in [2.45, 2.75) is 47.6 Å². The van der Waals surface area contributed by atoms with Gasteiger partial charge in [0.1, 0.15) is 5.52 Å². The van der Waals surface area contributed by atoms with Gasteiger partial charge in [-0.15, -0.1) is 0 Å². The van der Waals surface area contributed by atoms with Gasteiger partial charge in [0.2, 0.25) is 11.9 Å². The lowest BCUT2D eigenvalue weighted by Gasteiger charge is -2.06. The number of anilines is 2. The second-order valence-electron chi connectivity index (χ2n) is 3.57. The molecule has 2 rings (SSSR count). The third-order valence-corrected chi connectivity index (χ3v) is 1.89. The molecule has 108 valence electrons. The fourth-order valence-corrected chi connectivity index (χ4v) is 1.25. The van der Waals surface area contributed by atoms with Crippen molar-refractivity contribution in [3.05, 3.63) is 6.20 Å². The smallest absolute Gasteiger partial charge is 0.225 e. The second kappa shape index (κ2) is 9.13. The molecule has 6 heteroatoms. The van der Waals surface area contributed by atoms with Crippen molar-refractivity contribution >= 4 is 23.1 Å². The predicted molar refractivity (Wildman–Crippen MR) is 82.7 cm³/mol. The van der Waals surface area contributed by atoms with Crippen LogP contribution in [-0.4, -0.2) is 33.0 Å². The molecular weight excluding hydrogens is 240 g/mol. The van der Waals surface area contributed by atoms with E-state index in [2.05, 4.69) is 30.6 Å². The Kier molecular flexibility index (Phi) is 8.24. The van der Waals surface area contributed by atoms with E-state index in [1.807, 2.05) is 41.5 Å². The first-order chi connectivity index (χ1) is 9.19. The highest BCUT2D eigenvalue weighted by molar-refractivity contribution is 5.73. The number of H-pyrrole nitrogens is 1. The van der Waals surface area contributed by atoms with E-state index in [1.54, 1.807) is 13.2 Å². The summed E-state index contributed by atoms with van der Waals surface area (Å²) in [6.45, 7) is 12.1. The molecule has 0 aliphatic rings. The summed E-state index contributed by atoms with van der Waals surface area (Å²) in [5.74, 6) is 1.30. The summed E-state index contributed by atoms with van der Waals surface area (Å²) in [4.78, 5) is 15.7. The van der Waals surface area contributed by atoms with Crippen LogP contribution in [0.1, 0.15) is 41.5 Å². The van der Waals surface area contributed by atoms with Gasteiger partial charge in [0.25, 0.3) is 0 Å². The fourth-order valence-electron chi connectivity index (χ4n) is 1.25. The third kappa shape index (κ3) is 5.11. The number of aromatic nitrogens is 4. The highest BCUT2D eigenvalue weighted by atomic mass is 15.2. The number of nitrogens with one attached hydrogen (secondary N) is 3. The Balaban J connectivity index is 0.000000741. The van der Waals surface area contributed by atoms with E-state index in [0.29, 0.717) is 23.6 Å². The summed E-state index contributed by atoms with van der Waals surface area (Å²) in [5, 5.41) is 6.05. The Hall–Kier alpha value is -1.85. The molecule has 0 radical (unpaired) electrons. The minimum Gasteiger partial charge on any atom is -0.359 e. The van der Waals surface area contributed by atoms with Gasteiger partial charge in [-0.2, -0.15) is 9.97 Å². The van der Waals surface area contributed by atoms with Crippen LogP contribution in [0.3, 0.4) is 0 Å². The van der Waals surface area contributed by atoms with Gasteiger partial charge in [-0.3, -0.25) is 0 Å². The van der Waals surface area contributed by atoms with Crippen LogP contribution in [0.4, 0.5) is 11.9 Å². The number of imidazole rings is 1. The van der Waals surface area contributed by atoms with E-state index in [1.165, 1.54) is 0 Å². The van der Waals surface area contributed by atoms with Crippen LogP contribution in [-0.2, 0) is 0 Å². The maximum absolute atomic E-state index is 4.28. The van der Waals surface area contributed by atoms with Crippen LogP contribution in [0.25, 0.3) is 11.2 Å². The average molecular weight is 266 g/mol. The molecule has 3 N–H and O–H groups in total. The first kappa shape index (κ1) is 17.2. The lowest BCUT2D eigenvalue weighted by atomic mass is 10.4. The van der Waals surface area contributed by atoms with E-state index < -0.39 is 0 Å². The van der Waals surface area contributed by atoms with Gasteiger partial charge in [-0.25, -0.2) is 4.98 Å². The van der Waals surface area contributed by atoms with Gasteiger partial charge in [0.05, 0.1) is 6.20 Å². The van der Waals surface area contributed by atoms with E-state index in [4.69, 9.17) is 0 Å². The van der Waals surface area contributed by atoms with E-state index in [-0.39, 0.29) is 0 Å². The van der Waals surface area contributed by atoms with Gasteiger partial charge in [-0.1, -0.05) is 27.7 Å². The summed E-state index contributed by atoms with van der Waals surface area (Å²) >= 11 is 0. The van der Waals surface area contributed by atoms with Gasteiger partial charge in [0.15, 0.2) is 5.65 Å². The van der Waals surface area contributed by atoms with Crippen LogP contribution < -0.4 is 10.6 Å². The molecule has 0 saturated heterocycles. The van der Waals surface area contributed by atoms with Crippen molar-refractivity contribution < 1.29 is 0 Å². The maximum Gasteiger partial charge on any atom is 0.225 e. The monoisotopic (exact) mass is 266 g/mol. The zero-order chi connectivity index (χ0) is 14.8. The topological polar surface area (TPSA) is 78.5 Å². The highest BCUT2D eigenvalue weighted by Crippen LogP contribution is 2.12. The SMILES string of the molecule is CC.CC.CNc1nc2nc(NC(C)C)ncc2[nH]1. The fraction of sp³-hybridized carbons (Fsp3) is 0.615. The first-order valence-electron chi connectivity index (χ1n) is 6.86. The Bertz CT molecular complexity index is 463. The largest absolute Gasteiger partial charge is 0.359 e. The maximum atomic E-state index is 4.28. The van der Waals surface area contributed by atoms with Crippen molar-refractivity contribution in [1.29, 1.82) is 0 Å². The normalized spacial score (nSPS) is 9.26. The van der Waals surface area contributed by atoms with Gasteiger partial charge >= 0.3 is 0 Å². The van der Waals surface area contributed by atoms with Crippen LogP contribution >= 0.6 is 0 Å². The Morgan fingerprint density at radius 2 is 1.74 bits per heavy atom. The zero-order valence-electron chi connectivity index (χ0n) is 13.0. The standard InChI is InChI=1S/C9H14N6.2C2H6/c1-5(2)12-9-11-4-6-7(15-9)14-8(10-3)13-6;2*1-2/h4-5H,1-3H3,(H3,10,11,12,13,14,15);2*1-2H3. The van der Waals surface area contributed by atoms with Crippen LogP contribution in [0.15, 0.2) is 6.20 Å². The summed E-state index contributed by atoms with van der Waals surface area (Å²) in [6.07, 6.45) is 1.72. The third-order valence-electron chi connectivity index (χ3n) is 1.89. The molecule has 2 aromatic heterocycles. The number of hydrogen-bond donors (Lipinski definition) is 3. The molecule has 0 spiro atoms. The molecule has 0 aliphatic heterocycles. The molecule has 0 unspecified atom stereocenters. The number of nitrogens with zero attached hydrogens (tertiary/aromatic N) is 3. The van der Waals surface area contributed by atoms with E-state index >= 15 is 0 Å². The molecule has 2 heterocycles. The van der Waals surface area contributed by atoms with Gasteiger partial charge < -0.3 is 15.6 Å². The molecule has 0 amide bonds.